The van der Waals surface area contributed by atoms with Crippen LogP contribution in [0.15, 0.2) is 24.3 Å². The van der Waals surface area contributed by atoms with E-state index in [9.17, 15) is 0 Å². The number of piperidine rings is 1. The zero-order valence-electron chi connectivity index (χ0n) is 11.9. The van der Waals surface area contributed by atoms with Gasteiger partial charge in [-0.15, -0.1) is 0 Å². The molecule has 2 unspecified atom stereocenters. The van der Waals surface area contributed by atoms with Crippen molar-refractivity contribution in [3.8, 4) is 0 Å². The summed E-state index contributed by atoms with van der Waals surface area (Å²) in [6.45, 7) is 7.99. The van der Waals surface area contributed by atoms with Crippen LogP contribution < -0.4 is 5.32 Å². The quantitative estimate of drug-likeness (QED) is 0.878. The van der Waals surface area contributed by atoms with E-state index in [2.05, 4.69) is 55.4 Å². The minimum atomic E-state index is 0.673. The van der Waals surface area contributed by atoms with Gasteiger partial charge in [-0.3, -0.25) is 0 Å². The van der Waals surface area contributed by atoms with Crippen molar-refractivity contribution in [2.24, 2.45) is 5.92 Å². The molecule has 100 valence electrons. The monoisotopic (exact) mass is 246 g/mol. The molecule has 1 saturated heterocycles. The Kier molecular flexibility index (Phi) is 4.79. The second-order valence-corrected chi connectivity index (χ2v) is 5.69. The standard InChI is InChI=1S/C16H26N2/c1-4-14-5-7-15(8-6-14)11-17-16-9-10-18(3)12-13(16)2/h5-8,13,16-17H,4,9-12H2,1-3H3. The third-order valence-corrected chi connectivity index (χ3v) is 4.11. The van der Waals surface area contributed by atoms with Crippen LogP contribution >= 0.6 is 0 Å². The maximum absolute atomic E-state index is 3.72. The van der Waals surface area contributed by atoms with Crippen LogP contribution in [0, 0.1) is 5.92 Å². The van der Waals surface area contributed by atoms with Crippen LogP contribution in [-0.4, -0.2) is 31.1 Å². The van der Waals surface area contributed by atoms with E-state index in [1.165, 1.54) is 30.6 Å². The average molecular weight is 246 g/mol. The maximum Gasteiger partial charge on any atom is 0.0208 e. The van der Waals surface area contributed by atoms with Crippen molar-refractivity contribution in [1.29, 1.82) is 0 Å². The normalized spacial score (nSPS) is 25.3. The van der Waals surface area contributed by atoms with Gasteiger partial charge in [0.1, 0.15) is 0 Å². The Bertz CT molecular complexity index is 358. The molecule has 0 radical (unpaired) electrons. The van der Waals surface area contributed by atoms with Crippen molar-refractivity contribution in [3.63, 3.8) is 0 Å². The molecule has 1 aromatic rings. The molecule has 1 N–H and O–H groups in total. The summed E-state index contributed by atoms with van der Waals surface area (Å²) < 4.78 is 0. The second kappa shape index (κ2) is 6.35. The van der Waals surface area contributed by atoms with Crippen molar-refractivity contribution >= 4 is 0 Å². The second-order valence-electron chi connectivity index (χ2n) is 5.69. The van der Waals surface area contributed by atoms with Crippen LogP contribution in [0.3, 0.4) is 0 Å². The molecular formula is C16H26N2. The van der Waals surface area contributed by atoms with Crippen molar-refractivity contribution < 1.29 is 0 Å². The van der Waals surface area contributed by atoms with Gasteiger partial charge in [-0.05, 0) is 43.5 Å². The summed E-state index contributed by atoms with van der Waals surface area (Å²) in [4.78, 5) is 2.43. The molecule has 2 atom stereocenters. The first-order valence-corrected chi connectivity index (χ1v) is 7.18. The number of benzene rings is 1. The number of likely N-dealkylation sites (tertiary alicyclic amines) is 1. The van der Waals surface area contributed by atoms with Crippen LogP contribution in [0.25, 0.3) is 0 Å². The number of hydrogen-bond donors (Lipinski definition) is 1. The Balaban J connectivity index is 1.83. The number of nitrogens with one attached hydrogen (secondary N) is 1. The molecule has 0 saturated carbocycles. The summed E-state index contributed by atoms with van der Waals surface area (Å²) in [5.74, 6) is 0.749. The summed E-state index contributed by atoms with van der Waals surface area (Å²) in [5.41, 5.74) is 2.82. The Morgan fingerprint density at radius 2 is 1.89 bits per heavy atom. The van der Waals surface area contributed by atoms with Crippen LogP contribution in [-0.2, 0) is 13.0 Å². The summed E-state index contributed by atoms with van der Waals surface area (Å²) in [6.07, 6.45) is 2.39. The van der Waals surface area contributed by atoms with Crippen molar-refractivity contribution in [2.75, 3.05) is 20.1 Å². The van der Waals surface area contributed by atoms with E-state index in [-0.39, 0.29) is 0 Å². The fourth-order valence-corrected chi connectivity index (χ4v) is 2.80. The molecule has 0 amide bonds. The van der Waals surface area contributed by atoms with Gasteiger partial charge in [-0.2, -0.15) is 0 Å². The third kappa shape index (κ3) is 3.56. The minimum absolute atomic E-state index is 0.673. The summed E-state index contributed by atoms with van der Waals surface area (Å²) in [5, 5.41) is 3.72. The Morgan fingerprint density at radius 1 is 1.22 bits per heavy atom. The molecule has 0 aromatic heterocycles. The average Bonchev–Trinajstić information content (AvgIpc) is 2.38. The molecule has 1 aromatic carbocycles. The van der Waals surface area contributed by atoms with Gasteiger partial charge in [0.2, 0.25) is 0 Å². The molecule has 1 fully saturated rings. The highest BCUT2D eigenvalue weighted by Crippen LogP contribution is 2.16. The van der Waals surface area contributed by atoms with Crippen LogP contribution in [0.2, 0.25) is 0 Å². The van der Waals surface area contributed by atoms with Crippen LogP contribution in [0.5, 0.6) is 0 Å². The molecule has 2 heteroatoms. The molecule has 2 rings (SSSR count). The van der Waals surface area contributed by atoms with Gasteiger partial charge in [0.05, 0.1) is 0 Å². The molecule has 0 bridgehead atoms. The summed E-state index contributed by atoms with van der Waals surface area (Å²) in [6, 6.07) is 9.67. The van der Waals surface area contributed by atoms with E-state index in [0.29, 0.717) is 6.04 Å². The highest BCUT2D eigenvalue weighted by molar-refractivity contribution is 5.22. The maximum atomic E-state index is 3.72. The van der Waals surface area contributed by atoms with Gasteiger partial charge >= 0.3 is 0 Å². The molecule has 1 aliphatic rings. The summed E-state index contributed by atoms with van der Waals surface area (Å²) in [7, 11) is 2.22. The molecule has 0 spiro atoms. The van der Waals surface area contributed by atoms with Crippen LogP contribution in [0.1, 0.15) is 31.4 Å². The smallest absolute Gasteiger partial charge is 0.0208 e. The number of nitrogens with zero attached hydrogens (tertiary/aromatic N) is 1. The van der Waals surface area contributed by atoms with E-state index in [1.807, 2.05) is 0 Å². The third-order valence-electron chi connectivity index (χ3n) is 4.11. The van der Waals surface area contributed by atoms with E-state index in [0.717, 1.165) is 18.9 Å². The van der Waals surface area contributed by atoms with Gasteiger partial charge in [0, 0.05) is 19.1 Å². The minimum Gasteiger partial charge on any atom is -0.310 e. The zero-order valence-corrected chi connectivity index (χ0v) is 11.9. The highest BCUT2D eigenvalue weighted by atomic mass is 15.1. The van der Waals surface area contributed by atoms with Crippen LogP contribution in [0.4, 0.5) is 0 Å². The Hall–Kier alpha value is -0.860. The largest absolute Gasteiger partial charge is 0.310 e. The fraction of sp³-hybridized carbons (Fsp3) is 0.625. The van der Waals surface area contributed by atoms with E-state index >= 15 is 0 Å². The van der Waals surface area contributed by atoms with Gasteiger partial charge in [-0.1, -0.05) is 38.1 Å². The van der Waals surface area contributed by atoms with E-state index < -0.39 is 0 Å². The van der Waals surface area contributed by atoms with E-state index in [4.69, 9.17) is 0 Å². The fourth-order valence-electron chi connectivity index (χ4n) is 2.80. The lowest BCUT2D eigenvalue weighted by Crippen LogP contribution is -2.46. The lowest BCUT2D eigenvalue weighted by molar-refractivity contribution is 0.174. The lowest BCUT2D eigenvalue weighted by atomic mass is 9.94. The number of hydrogen-bond acceptors (Lipinski definition) is 2. The Labute approximate surface area is 111 Å². The first kappa shape index (κ1) is 13.6. The van der Waals surface area contributed by atoms with Gasteiger partial charge < -0.3 is 10.2 Å². The molecule has 1 aliphatic heterocycles. The SMILES string of the molecule is CCc1ccc(CNC2CCN(C)CC2C)cc1. The van der Waals surface area contributed by atoms with Crippen molar-refractivity contribution in [3.05, 3.63) is 35.4 Å². The van der Waals surface area contributed by atoms with Crippen molar-refractivity contribution in [2.45, 2.75) is 39.3 Å². The number of rotatable bonds is 4. The molecule has 18 heavy (non-hydrogen) atoms. The molecule has 1 heterocycles. The summed E-state index contributed by atoms with van der Waals surface area (Å²) >= 11 is 0. The topological polar surface area (TPSA) is 15.3 Å². The zero-order chi connectivity index (χ0) is 13.0. The Morgan fingerprint density at radius 3 is 2.50 bits per heavy atom. The molecule has 2 nitrogen and oxygen atoms in total. The predicted octanol–water partition coefficient (Wildman–Crippen LogP) is 2.68. The van der Waals surface area contributed by atoms with Gasteiger partial charge in [-0.25, -0.2) is 0 Å². The first-order valence-electron chi connectivity index (χ1n) is 7.18. The molecule has 0 aliphatic carbocycles. The van der Waals surface area contributed by atoms with Gasteiger partial charge in [0.25, 0.3) is 0 Å². The van der Waals surface area contributed by atoms with Gasteiger partial charge in [0.15, 0.2) is 0 Å². The molecular weight excluding hydrogens is 220 g/mol. The van der Waals surface area contributed by atoms with E-state index in [1.54, 1.807) is 0 Å². The predicted molar refractivity (Wildman–Crippen MR) is 77.7 cm³/mol. The van der Waals surface area contributed by atoms with Crippen molar-refractivity contribution in [1.82, 2.24) is 10.2 Å². The number of aryl methyl sites for hydroxylation is 1. The lowest BCUT2D eigenvalue weighted by Gasteiger charge is -2.35. The highest BCUT2D eigenvalue weighted by Gasteiger charge is 2.23. The first-order chi connectivity index (χ1) is 8.69.